The molecule has 3 atom stereocenters. The lowest BCUT2D eigenvalue weighted by atomic mass is 9.88. The Hall–Kier alpha value is -1.23. The van der Waals surface area contributed by atoms with Gasteiger partial charge in [0.2, 0.25) is 0 Å². The van der Waals surface area contributed by atoms with Crippen molar-refractivity contribution < 1.29 is 15.0 Å². The average molecular weight is 237 g/mol. The number of nitrogens with two attached hydrogens (primary N) is 1. The maximum atomic E-state index is 10.5. The number of benzene rings is 1. The van der Waals surface area contributed by atoms with Gasteiger partial charge in [-0.3, -0.25) is 10.5 Å². The Bertz CT molecular complexity index is 373. The van der Waals surface area contributed by atoms with Crippen LogP contribution in [0.15, 0.2) is 24.3 Å². The molecular weight excluding hydrogens is 218 g/mol. The van der Waals surface area contributed by atoms with Crippen LogP contribution in [-0.4, -0.2) is 22.6 Å². The molecule has 17 heavy (non-hydrogen) atoms. The minimum Gasteiger partial charge on any atom is -0.388 e. The molecule has 0 aromatic heterocycles. The maximum absolute atomic E-state index is 10.5. The number of aliphatic hydroxyl groups excluding tert-OH is 1. The third-order valence-corrected chi connectivity index (χ3v) is 3.14. The topological polar surface area (TPSA) is 83.6 Å². The summed E-state index contributed by atoms with van der Waals surface area (Å²) in [6.45, 7) is 3.74. The van der Waals surface area contributed by atoms with E-state index in [1.807, 2.05) is 13.8 Å². The summed E-state index contributed by atoms with van der Waals surface area (Å²) in [5.41, 5.74) is 4.87. The molecule has 0 aliphatic rings. The smallest absolute Gasteiger partial charge is 0.166 e. The first-order valence-corrected chi connectivity index (χ1v) is 5.68. The number of hydrogen-bond donors (Lipinski definition) is 3. The summed E-state index contributed by atoms with van der Waals surface area (Å²) >= 11 is 0. The molecular formula is C13H19NO3. The van der Waals surface area contributed by atoms with E-state index in [9.17, 15) is 15.0 Å². The van der Waals surface area contributed by atoms with Gasteiger partial charge in [-0.1, -0.05) is 44.5 Å². The summed E-state index contributed by atoms with van der Waals surface area (Å²) in [5, 5.41) is 20.1. The molecule has 4 nitrogen and oxygen atoms in total. The van der Waals surface area contributed by atoms with Gasteiger partial charge in [-0.15, -0.1) is 0 Å². The molecule has 1 unspecified atom stereocenters. The van der Waals surface area contributed by atoms with Crippen molar-refractivity contribution >= 4 is 6.29 Å². The largest absolute Gasteiger partial charge is 0.388 e. The second-order valence-corrected chi connectivity index (χ2v) is 4.40. The van der Waals surface area contributed by atoms with Crippen LogP contribution in [0.2, 0.25) is 0 Å². The quantitative estimate of drug-likeness (QED) is 0.527. The van der Waals surface area contributed by atoms with Crippen molar-refractivity contribution in [1.29, 1.82) is 0 Å². The molecule has 4 heteroatoms. The van der Waals surface area contributed by atoms with Crippen molar-refractivity contribution in [1.82, 2.24) is 0 Å². The number of aliphatic hydroxyl groups is 2. The van der Waals surface area contributed by atoms with Gasteiger partial charge < -0.3 is 10.2 Å². The highest BCUT2D eigenvalue weighted by atomic mass is 16.4. The Kier molecular flexibility index (Phi) is 4.40. The van der Waals surface area contributed by atoms with Gasteiger partial charge in [-0.05, 0) is 5.92 Å². The van der Waals surface area contributed by atoms with E-state index in [2.05, 4.69) is 0 Å². The van der Waals surface area contributed by atoms with Crippen molar-refractivity contribution in [3.63, 3.8) is 0 Å². The molecule has 0 aliphatic carbocycles. The molecule has 0 saturated carbocycles. The van der Waals surface area contributed by atoms with Crippen molar-refractivity contribution in [3.05, 3.63) is 35.4 Å². The summed E-state index contributed by atoms with van der Waals surface area (Å²) in [6, 6.07) is 6.22. The third kappa shape index (κ3) is 2.91. The molecule has 1 rings (SSSR count). The first kappa shape index (κ1) is 13.8. The number of rotatable bonds is 5. The van der Waals surface area contributed by atoms with Crippen LogP contribution in [-0.2, 0) is 5.72 Å². The highest BCUT2D eigenvalue weighted by Gasteiger charge is 2.36. The molecule has 1 aromatic rings. The van der Waals surface area contributed by atoms with E-state index in [1.54, 1.807) is 24.3 Å². The SMILES string of the molecule is CCC(C)[C@@H](O)[C@](N)(O)c1ccc(C=O)cc1. The Morgan fingerprint density at radius 2 is 1.94 bits per heavy atom. The highest BCUT2D eigenvalue weighted by Crippen LogP contribution is 2.25. The van der Waals surface area contributed by atoms with Gasteiger partial charge in [0.1, 0.15) is 12.4 Å². The van der Waals surface area contributed by atoms with Gasteiger partial charge in [-0.2, -0.15) is 0 Å². The molecule has 0 bridgehead atoms. The van der Waals surface area contributed by atoms with Gasteiger partial charge in [0, 0.05) is 11.1 Å². The van der Waals surface area contributed by atoms with Gasteiger partial charge in [0.15, 0.2) is 5.72 Å². The van der Waals surface area contributed by atoms with Gasteiger partial charge >= 0.3 is 0 Å². The zero-order chi connectivity index (χ0) is 13.1. The Morgan fingerprint density at radius 1 is 1.41 bits per heavy atom. The van der Waals surface area contributed by atoms with Crippen LogP contribution in [0, 0.1) is 5.92 Å². The minimum absolute atomic E-state index is 0.115. The summed E-state index contributed by atoms with van der Waals surface area (Å²) in [6.07, 6.45) is 0.381. The van der Waals surface area contributed by atoms with E-state index in [4.69, 9.17) is 5.73 Å². The number of hydrogen-bond acceptors (Lipinski definition) is 4. The minimum atomic E-state index is -1.79. The van der Waals surface area contributed by atoms with Crippen molar-refractivity contribution in [2.45, 2.75) is 32.1 Å². The molecule has 0 heterocycles. The monoisotopic (exact) mass is 237 g/mol. The van der Waals surface area contributed by atoms with E-state index in [1.165, 1.54) is 0 Å². The van der Waals surface area contributed by atoms with E-state index in [-0.39, 0.29) is 5.92 Å². The molecule has 94 valence electrons. The second-order valence-electron chi connectivity index (χ2n) is 4.40. The molecule has 4 N–H and O–H groups in total. The number of carbonyl (C=O) groups excluding carboxylic acids is 1. The van der Waals surface area contributed by atoms with Crippen molar-refractivity contribution in [3.8, 4) is 0 Å². The predicted molar refractivity (Wildman–Crippen MR) is 65.4 cm³/mol. The van der Waals surface area contributed by atoms with Crippen LogP contribution in [0.4, 0.5) is 0 Å². The first-order valence-electron chi connectivity index (χ1n) is 5.68. The molecule has 0 fully saturated rings. The molecule has 1 aromatic carbocycles. The molecule has 0 radical (unpaired) electrons. The fourth-order valence-corrected chi connectivity index (χ4v) is 1.66. The fourth-order valence-electron chi connectivity index (χ4n) is 1.66. The Labute approximate surface area is 101 Å². The van der Waals surface area contributed by atoms with Crippen LogP contribution in [0.5, 0.6) is 0 Å². The van der Waals surface area contributed by atoms with Crippen LogP contribution < -0.4 is 5.73 Å². The summed E-state index contributed by atoms with van der Waals surface area (Å²) in [5.74, 6) is -0.115. The van der Waals surface area contributed by atoms with Gasteiger partial charge in [0.05, 0.1) is 0 Å². The van der Waals surface area contributed by atoms with Crippen LogP contribution in [0.1, 0.15) is 36.2 Å². The lowest BCUT2D eigenvalue weighted by Crippen LogP contribution is -2.50. The summed E-state index contributed by atoms with van der Waals surface area (Å²) in [4.78, 5) is 10.5. The standard InChI is InChI=1S/C13H19NO3/c1-3-9(2)12(16)13(14,17)11-6-4-10(8-15)5-7-11/h4-9,12,16-17H,3,14H2,1-2H3/t9?,12-,13-/m1/s1. The zero-order valence-corrected chi connectivity index (χ0v) is 10.1. The van der Waals surface area contributed by atoms with Crippen molar-refractivity contribution in [2.75, 3.05) is 0 Å². The van der Waals surface area contributed by atoms with Crippen LogP contribution in [0.25, 0.3) is 0 Å². The fraction of sp³-hybridized carbons (Fsp3) is 0.462. The average Bonchev–Trinajstić information content (AvgIpc) is 2.36. The molecule has 0 saturated heterocycles. The zero-order valence-electron chi connectivity index (χ0n) is 10.1. The lowest BCUT2D eigenvalue weighted by Gasteiger charge is -2.32. The van der Waals surface area contributed by atoms with Gasteiger partial charge in [0.25, 0.3) is 0 Å². The third-order valence-electron chi connectivity index (χ3n) is 3.14. The normalized spacial score (nSPS) is 18.2. The van der Waals surface area contributed by atoms with E-state index >= 15 is 0 Å². The first-order chi connectivity index (χ1) is 7.93. The lowest BCUT2D eigenvalue weighted by molar-refractivity contribution is -0.100. The van der Waals surface area contributed by atoms with E-state index in [0.717, 1.165) is 0 Å². The highest BCUT2D eigenvalue weighted by molar-refractivity contribution is 5.74. The number of aldehydes is 1. The predicted octanol–water partition coefficient (Wildman–Crippen LogP) is 1.01. The second kappa shape index (κ2) is 5.40. The molecule has 0 amide bonds. The Balaban J connectivity index is 2.98. The maximum Gasteiger partial charge on any atom is 0.166 e. The Morgan fingerprint density at radius 3 is 2.35 bits per heavy atom. The van der Waals surface area contributed by atoms with Crippen molar-refractivity contribution in [2.24, 2.45) is 11.7 Å². The molecule has 0 spiro atoms. The van der Waals surface area contributed by atoms with Gasteiger partial charge in [-0.25, -0.2) is 0 Å². The summed E-state index contributed by atoms with van der Waals surface area (Å²) < 4.78 is 0. The number of carbonyl (C=O) groups is 1. The summed E-state index contributed by atoms with van der Waals surface area (Å²) in [7, 11) is 0. The van der Waals surface area contributed by atoms with E-state index in [0.29, 0.717) is 23.8 Å². The van der Waals surface area contributed by atoms with E-state index < -0.39 is 11.8 Å². The molecule has 0 aliphatic heterocycles. The van der Waals surface area contributed by atoms with Crippen LogP contribution >= 0.6 is 0 Å². The van der Waals surface area contributed by atoms with Crippen LogP contribution in [0.3, 0.4) is 0 Å².